The molecule has 0 saturated carbocycles. The Hall–Kier alpha value is -2.90. The summed E-state index contributed by atoms with van der Waals surface area (Å²) in [7, 11) is 1.82. The molecule has 0 spiro atoms. The summed E-state index contributed by atoms with van der Waals surface area (Å²) in [6.07, 6.45) is 3.81. The summed E-state index contributed by atoms with van der Waals surface area (Å²) in [5.41, 5.74) is -0.598. The minimum Gasteiger partial charge on any atom is -0.486 e. The Morgan fingerprint density at radius 2 is 2.29 bits per heavy atom. The number of nitro benzene ring substituents is 1. The van der Waals surface area contributed by atoms with Crippen LogP contribution in [0.1, 0.15) is 16.2 Å². The minimum absolute atomic E-state index is 0.0932. The van der Waals surface area contributed by atoms with E-state index in [1.165, 1.54) is 18.2 Å². The van der Waals surface area contributed by atoms with Crippen LogP contribution in [0.3, 0.4) is 0 Å². The molecule has 1 N–H and O–H groups in total. The Morgan fingerprint density at radius 3 is 2.86 bits per heavy atom. The largest absolute Gasteiger partial charge is 0.486 e. The zero-order valence-corrected chi connectivity index (χ0v) is 11.2. The van der Waals surface area contributed by atoms with Crippen molar-refractivity contribution in [1.82, 2.24) is 9.55 Å². The van der Waals surface area contributed by atoms with Crippen molar-refractivity contribution in [1.29, 1.82) is 0 Å². The van der Waals surface area contributed by atoms with Gasteiger partial charge in [0.25, 0.3) is 0 Å². The molecule has 0 atom stereocenters. The number of hydrogen-bond donors (Lipinski definition) is 1. The molecule has 0 saturated heterocycles. The zero-order valence-electron chi connectivity index (χ0n) is 11.2. The molecule has 0 radical (unpaired) electrons. The lowest BCUT2D eigenvalue weighted by atomic mass is 10.1. The molecule has 0 unspecified atom stereocenters. The molecule has 0 fully saturated rings. The Balaban J connectivity index is 2.19. The molecule has 2 aromatic rings. The van der Waals surface area contributed by atoms with Crippen LogP contribution >= 0.6 is 0 Å². The first-order chi connectivity index (χ1) is 10.0. The summed E-state index contributed by atoms with van der Waals surface area (Å²) in [5, 5.41) is 20.0. The molecule has 0 aliphatic rings. The van der Waals surface area contributed by atoms with Crippen LogP contribution in [0, 0.1) is 10.1 Å². The normalized spacial score (nSPS) is 10.3. The number of nitrogens with zero attached hydrogens (tertiary/aromatic N) is 3. The van der Waals surface area contributed by atoms with E-state index in [1.807, 2.05) is 7.05 Å². The molecule has 110 valence electrons. The minimum atomic E-state index is -1.27. The van der Waals surface area contributed by atoms with Gasteiger partial charge in [-0.15, -0.1) is 0 Å². The van der Waals surface area contributed by atoms with E-state index in [-0.39, 0.29) is 23.6 Å². The number of aromatic carboxylic acids is 1. The van der Waals surface area contributed by atoms with Crippen LogP contribution in [0.4, 0.5) is 5.69 Å². The maximum absolute atomic E-state index is 11.1. The van der Waals surface area contributed by atoms with Gasteiger partial charge in [-0.1, -0.05) is 6.07 Å². The highest BCUT2D eigenvalue weighted by molar-refractivity contribution is 5.92. The number of nitro groups is 1. The lowest BCUT2D eigenvalue weighted by Crippen LogP contribution is -2.10. The molecular weight excluding hydrogens is 278 g/mol. The van der Waals surface area contributed by atoms with Crippen LogP contribution in [-0.4, -0.2) is 32.2 Å². The molecule has 8 nitrogen and oxygen atoms in total. The molecule has 8 heteroatoms. The average Bonchev–Trinajstić information content (AvgIpc) is 2.84. The average molecular weight is 291 g/mol. The first-order valence-corrected chi connectivity index (χ1v) is 6.10. The van der Waals surface area contributed by atoms with Crippen molar-refractivity contribution in [2.24, 2.45) is 7.05 Å². The fraction of sp³-hybridized carbons (Fsp3) is 0.231. The Kier molecular flexibility index (Phi) is 4.17. The number of benzene rings is 1. The van der Waals surface area contributed by atoms with Gasteiger partial charge in [-0.25, -0.2) is 9.78 Å². The van der Waals surface area contributed by atoms with Gasteiger partial charge in [0.05, 0.1) is 11.5 Å². The standard InChI is InChI=1S/C13H13N3O5/c1-15-7-6-14-11(15)5-8-21-12-9(13(17)18)3-2-4-10(12)16(19)20/h2-4,6-7H,5,8H2,1H3,(H,17,18). The number of aryl methyl sites for hydroxylation is 1. The number of hydrogen-bond acceptors (Lipinski definition) is 5. The summed E-state index contributed by atoms with van der Waals surface area (Å²) in [6.45, 7) is 0.0932. The van der Waals surface area contributed by atoms with Crippen LogP contribution in [-0.2, 0) is 13.5 Å². The second kappa shape index (κ2) is 6.04. The number of carboxylic acids is 1. The van der Waals surface area contributed by atoms with Crippen molar-refractivity contribution < 1.29 is 19.6 Å². The van der Waals surface area contributed by atoms with Gasteiger partial charge in [0, 0.05) is 31.9 Å². The summed E-state index contributed by atoms with van der Waals surface area (Å²) in [5.74, 6) is -0.764. The predicted molar refractivity (Wildman–Crippen MR) is 72.5 cm³/mol. The molecule has 0 aliphatic heterocycles. The highest BCUT2D eigenvalue weighted by Gasteiger charge is 2.22. The first kappa shape index (κ1) is 14.5. The molecule has 0 bridgehead atoms. The highest BCUT2D eigenvalue weighted by atomic mass is 16.6. The molecule has 1 heterocycles. The fourth-order valence-electron chi connectivity index (χ4n) is 1.87. The molecule has 1 aromatic carbocycles. The second-order valence-corrected chi connectivity index (χ2v) is 4.27. The molecule has 1 aromatic heterocycles. The van der Waals surface area contributed by atoms with Gasteiger partial charge in [-0.05, 0) is 6.07 Å². The number of imidazole rings is 1. The number of ether oxygens (including phenoxy) is 1. The fourth-order valence-corrected chi connectivity index (χ4v) is 1.87. The molecule has 0 aliphatic carbocycles. The highest BCUT2D eigenvalue weighted by Crippen LogP contribution is 2.31. The molecular formula is C13H13N3O5. The zero-order chi connectivity index (χ0) is 15.4. The topological polar surface area (TPSA) is 107 Å². The smallest absolute Gasteiger partial charge is 0.339 e. The van der Waals surface area contributed by atoms with E-state index < -0.39 is 10.9 Å². The lowest BCUT2D eigenvalue weighted by Gasteiger charge is -2.09. The van der Waals surface area contributed by atoms with Crippen LogP contribution < -0.4 is 4.74 Å². The summed E-state index contributed by atoms with van der Waals surface area (Å²) < 4.78 is 7.14. The van der Waals surface area contributed by atoms with E-state index in [9.17, 15) is 14.9 Å². The van der Waals surface area contributed by atoms with E-state index in [0.717, 1.165) is 5.82 Å². The van der Waals surface area contributed by atoms with Gasteiger partial charge in [0.1, 0.15) is 11.4 Å². The van der Waals surface area contributed by atoms with Crippen molar-refractivity contribution in [3.8, 4) is 5.75 Å². The third kappa shape index (κ3) is 3.16. The van der Waals surface area contributed by atoms with Crippen LogP contribution in [0.15, 0.2) is 30.6 Å². The number of carboxylic acid groups (broad SMARTS) is 1. The van der Waals surface area contributed by atoms with Gasteiger partial charge in [-0.2, -0.15) is 0 Å². The maximum atomic E-state index is 11.1. The van der Waals surface area contributed by atoms with Crippen LogP contribution in [0.25, 0.3) is 0 Å². The maximum Gasteiger partial charge on any atom is 0.339 e. The molecule has 2 rings (SSSR count). The summed E-state index contributed by atoms with van der Waals surface area (Å²) >= 11 is 0. The summed E-state index contributed by atoms with van der Waals surface area (Å²) in [6, 6.07) is 3.79. The van der Waals surface area contributed by atoms with Crippen molar-refractivity contribution >= 4 is 11.7 Å². The Labute approximate surface area is 119 Å². The van der Waals surface area contributed by atoms with Crippen molar-refractivity contribution in [3.05, 3.63) is 52.1 Å². The predicted octanol–water partition coefficient (Wildman–Crippen LogP) is 1.65. The van der Waals surface area contributed by atoms with Gasteiger partial charge >= 0.3 is 11.7 Å². The van der Waals surface area contributed by atoms with Crippen molar-refractivity contribution in [3.63, 3.8) is 0 Å². The van der Waals surface area contributed by atoms with Gasteiger partial charge in [0.2, 0.25) is 5.75 Å². The monoisotopic (exact) mass is 291 g/mol. The van der Waals surface area contributed by atoms with Crippen molar-refractivity contribution in [2.75, 3.05) is 6.61 Å². The third-order valence-corrected chi connectivity index (χ3v) is 2.91. The second-order valence-electron chi connectivity index (χ2n) is 4.27. The summed E-state index contributed by atoms with van der Waals surface area (Å²) in [4.78, 5) is 25.5. The molecule has 0 amide bonds. The van der Waals surface area contributed by atoms with Gasteiger partial charge in [0.15, 0.2) is 0 Å². The van der Waals surface area contributed by atoms with E-state index in [0.29, 0.717) is 6.42 Å². The van der Waals surface area contributed by atoms with E-state index >= 15 is 0 Å². The number of carbonyl (C=O) groups is 1. The Morgan fingerprint density at radius 1 is 1.52 bits per heavy atom. The number of aromatic nitrogens is 2. The van der Waals surface area contributed by atoms with Crippen molar-refractivity contribution in [2.45, 2.75) is 6.42 Å². The lowest BCUT2D eigenvalue weighted by molar-refractivity contribution is -0.385. The van der Waals surface area contributed by atoms with Gasteiger partial charge in [-0.3, -0.25) is 10.1 Å². The molecule has 21 heavy (non-hydrogen) atoms. The third-order valence-electron chi connectivity index (χ3n) is 2.91. The van der Waals surface area contributed by atoms with Crippen LogP contribution in [0.5, 0.6) is 5.75 Å². The quantitative estimate of drug-likeness (QED) is 0.640. The number of rotatable bonds is 6. The number of para-hydroxylation sites is 1. The first-order valence-electron chi connectivity index (χ1n) is 6.10. The Bertz CT molecular complexity index is 648. The van der Waals surface area contributed by atoms with E-state index in [1.54, 1.807) is 17.0 Å². The SMILES string of the molecule is Cn1ccnc1CCOc1c(C(=O)O)cccc1[N+](=O)[O-]. The van der Waals surface area contributed by atoms with E-state index in [2.05, 4.69) is 4.98 Å². The van der Waals surface area contributed by atoms with E-state index in [4.69, 9.17) is 9.84 Å². The van der Waals surface area contributed by atoms with Crippen LogP contribution in [0.2, 0.25) is 0 Å². The van der Waals surface area contributed by atoms with Gasteiger partial charge < -0.3 is 14.4 Å².